The monoisotopic (exact) mass is 386 g/mol. The minimum atomic E-state index is -0.179. The molecule has 1 amide bonds. The Bertz CT molecular complexity index is 986. The van der Waals surface area contributed by atoms with Crippen molar-refractivity contribution in [2.45, 2.75) is 32.4 Å². The molecule has 148 valence electrons. The van der Waals surface area contributed by atoms with Crippen LogP contribution in [-0.2, 0) is 24.2 Å². The van der Waals surface area contributed by atoms with Crippen LogP contribution in [0.2, 0.25) is 0 Å². The fourth-order valence-corrected chi connectivity index (χ4v) is 4.16. The SMILES string of the molecule is CC(=O)Nc1cc2c(cc1O)CC(c1ccccc1)N(Cc1ccccc1)CC2. The summed E-state index contributed by atoms with van der Waals surface area (Å²) in [7, 11) is 0. The van der Waals surface area contributed by atoms with E-state index >= 15 is 0 Å². The molecule has 1 unspecified atom stereocenters. The fourth-order valence-electron chi connectivity index (χ4n) is 4.16. The molecule has 0 fully saturated rings. The zero-order chi connectivity index (χ0) is 20.2. The van der Waals surface area contributed by atoms with Crippen molar-refractivity contribution in [1.82, 2.24) is 4.90 Å². The number of hydrogen-bond donors (Lipinski definition) is 2. The number of fused-ring (bicyclic) bond motifs is 1. The van der Waals surface area contributed by atoms with Crippen LogP contribution in [0.4, 0.5) is 5.69 Å². The molecule has 4 nitrogen and oxygen atoms in total. The summed E-state index contributed by atoms with van der Waals surface area (Å²) in [6, 6.07) is 25.1. The molecule has 29 heavy (non-hydrogen) atoms. The number of carbonyl (C=O) groups excluding carboxylic acids is 1. The van der Waals surface area contributed by atoms with Gasteiger partial charge in [-0.25, -0.2) is 0 Å². The van der Waals surface area contributed by atoms with E-state index in [0.29, 0.717) is 5.69 Å². The number of nitrogens with one attached hydrogen (secondary N) is 1. The lowest BCUT2D eigenvalue weighted by Gasteiger charge is -2.30. The van der Waals surface area contributed by atoms with Gasteiger partial charge in [-0.05, 0) is 47.2 Å². The van der Waals surface area contributed by atoms with Gasteiger partial charge in [-0.1, -0.05) is 60.7 Å². The number of anilines is 1. The maximum absolute atomic E-state index is 11.5. The van der Waals surface area contributed by atoms with Crippen LogP contribution in [0.3, 0.4) is 0 Å². The Balaban J connectivity index is 1.69. The molecule has 0 bridgehead atoms. The van der Waals surface area contributed by atoms with Gasteiger partial charge in [-0.3, -0.25) is 9.69 Å². The molecule has 4 rings (SSSR count). The van der Waals surface area contributed by atoms with Crippen LogP contribution in [0.25, 0.3) is 0 Å². The Labute approximate surface area is 171 Å². The first kappa shape index (κ1) is 19.2. The Kier molecular flexibility index (Phi) is 5.63. The molecule has 3 aromatic rings. The van der Waals surface area contributed by atoms with Gasteiger partial charge in [-0.2, -0.15) is 0 Å². The number of nitrogens with zero attached hydrogens (tertiary/aromatic N) is 1. The summed E-state index contributed by atoms with van der Waals surface area (Å²) in [6.07, 6.45) is 1.69. The Morgan fingerprint density at radius 1 is 1.03 bits per heavy atom. The number of hydrogen-bond acceptors (Lipinski definition) is 3. The highest BCUT2D eigenvalue weighted by Gasteiger charge is 2.26. The van der Waals surface area contributed by atoms with E-state index in [0.717, 1.165) is 31.5 Å². The average Bonchev–Trinajstić information content (AvgIpc) is 2.89. The lowest BCUT2D eigenvalue weighted by atomic mass is 9.95. The van der Waals surface area contributed by atoms with Gasteiger partial charge in [0.2, 0.25) is 5.91 Å². The molecule has 0 spiro atoms. The standard InChI is InChI=1S/C25H26N2O2/c1-18(28)26-23-14-21-12-13-27(17-19-8-4-2-5-9-19)24(15-22(21)16-25(23)29)20-10-6-3-7-11-20/h2-11,14,16,24,29H,12-13,15,17H2,1H3,(H,26,28). The smallest absolute Gasteiger partial charge is 0.221 e. The number of rotatable bonds is 4. The van der Waals surface area contributed by atoms with Crippen LogP contribution >= 0.6 is 0 Å². The van der Waals surface area contributed by atoms with Crippen molar-refractivity contribution in [3.05, 3.63) is 95.1 Å². The summed E-state index contributed by atoms with van der Waals surface area (Å²) in [4.78, 5) is 14.0. The van der Waals surface area contributed by atoms with Crippen LogP contribution in [-0.4, -0.2) is 22.5 Å². The van der Waals surface area contributed by atoms with Crippen LogP contribution in [0.15, 0.2) is 72.8 Å². The van der Waals surface area contributed by atoms with Gasteiger partial charge in [-0.15, -0.1) is 0 Å². The first-order valence-corrected chi connectivity index (χ1v) is 10.1. The van der Waals surface area contributed by atoms with Crippen molar-refractivity contribution in [1.29, 1.82) is 0 Å². The molecule has 0 radical (unpaired) electrons. The van der Waals surface area contributed by atoms with E-state index in [1.54, 1.807) is 0 Å². The third kappa shape index (κ3) is 4.49. The topological polar surface area (TPSA) is 52.6 Å². The van der Waals surface area contributed by atoms with Gasteiger partial charge in [0.15, 0.2) is 0 Å². The highest BCUT2D eigenvalue weighted by molar-refractivity contribution is 5.90. The number of amides is 1. The summed E-state index contributed by atoms with van der Waals surface area (Å²) in [6.45, 7) is 3.24. The molecule has 1 aliphatic rings. The van der Waals surface area contributed by atoms with E-state index in [-0.39, 0.29) is 17.7 Å². The quantitative estimate of drug-likeness (QED) is 0.640. The molecule has 0 aliphatic carbocycles. The maximum Gasteiger partial charge on any atom is 0.221 e. The van der Waals surface area contributed by atoms with Crippen molar-refractivity contribution >= 4 is 11.6 Å². The third-order valence-corrected chi connectivity index (χ3v) is 5.56. The van der Waals surface area contributed by atoms with Crippen molar-refractivity contribution in [2.75, 3.05) is 11.9 Å². The Morgan fingerprint density at radius 3 is 2.41 bits per heavy atom. The van der Waals surface area contributed by atoms with E-state index in [1.165, 1.54) is 23.6 Å². The van der Waals surface area contributed by atoms with Gasteiger partial charge in [0.05, 0.1) is 5.69 Å². The van der Waals surface area contributed by atoms with Crippen LogP contribution in [0, 0.1) is 0 Å². The highest BCUT2D eigenvalue weighted by atomic mass is 16.3. The van der Waals surface area contributed by atoms with Crippen LogP contribution in [0.5, 0.6) is 5.75 Å². The lowest BCUT2D eigenvalue weighted by Crippen LogP contribution is -2.30. The normalized spacial score (nSPS) is 16.7. The summed E-state index contributed by atoms with van der Waals surface area (Å²) in [5, 5.41) is 13.2. The molecule has 4 heteroatoms. The number of aromatic hydroxyl groups is 1. The molecular formula is C25H26N2O2. The zero-order valence-electron chi connectivity index (χ0n) is 16.6. The zero-order valence-corrected chi connectivity index (χ0v) is 16.6. The second kappa shape index (κ2) is 8.50. The van der Waals surface area contributed by atoms with Crippen LogP contribution < -0.4 is 5.32 Å². The molecular weight excluding hydrogens is 360 g/mol. The van der Waals surface area contributed by atoms with Gasteiger partial charge >= 0.3 is 0 Å². The van der Waals surface area contributed by atoms with E-state index in [4.69, 9.17) is 0 Å². The highest BCUT2D eigenvalue weighted by Crippen LogP contribution is 2.36. The summed E-state index contributed by atoms with van der Waals surface area (Å²) >= 11 is 0. The van der Waals surface area contributed by atoms with E-state index < -0.39 is 0 Å². The first-order chi connectivity index (χ1) is 14.1. The van der Waals surface area contributed by atoms with Crippen molar-refractivity contribution < 1.29 is 9.90 Å². The van der Waals surface area contributed by atoms with Gasteiger partial charge in [0, 0.05) is 26.1 Å². The number of phenols is 1. The fraction of sp³-hybridized carbons (Fsp3) is 0.240. The molecule has 1 aliphatic heterocycles. The summed E-state index contributed by atoms with van der Waals surface area (Å²) in [5.41, 5.74) is 5.39. The predicted molar refractivity (Wildman–Crippen MR) is 116 cm³/mol. The lowest BCUT2D eigenvalue weighted by molar-refractivity contribution is -0.114. The first-order valence-electron chi connectivity index (χ1n) is 10.1. The number of carbonyl (C=O) groups is 1. The van der Waals surface area contributed by atoms with Gasteiger partial charge in [0.1, 0.15) is 5.75 Å². The van der Waals surface area contributed by atoms with Gasteiger partial charge < -0.3 is 10.4 Å². The number of phenolic OH excluding ortho intramolecular Hbond substituents is 1. The summed E-state index contributed by atoms with van der Waals surface area (Å²) < 4.78 is 0. The minimum absolute atomic E-state index is 0.127. The van der Waals surface area contributed by atoms with Crippen molar-refractivity contribution in [2.24, 2.45) is 0 Å². The molecule has 0 saturated carbocycles. The summed E-state index contributed by atoms with van der Waals surface area (Å²) in [5.74, 6) is -0.0518. The van der Waals surface area contributed by atoms with Crippen molar-refractivity contribution in [3.63, 3.8) is 0 Å². The molecule has 0 aromatic heterocycles. The predicted octanol–water partition coefficient (Wildman–Crippen LogP) is 4.69. The Hall–Kier alpha value is -3.11. The minimum Gasteiger partial charge on any atom is -0.506 e. The molecule has 0 saturated heterocycles. The third-order valence-electron chi connectivity index (χ3n) is 5.56. The molecule has 1 atom stereocenters. The maximum atomic E-state index is 11.5. The second-order valence-corrected chi connectivity index (χ2v) is 7.66. The van der Waals surface area contributed by atoms with E-state index in [9.17, 15) is 9.90 Å². The van der Waals surface area contributed by atoms with Crippen molar-refractivity contribution in [3.8, 4) is 5.75 Å². The van der Waals surface area contributed by atoms with Crippen LogP contribution in [0.1, 0.15) is 35.2 Å². The molecule has 3 aromatic carbocycles. The second-order valence-electron chi connectivity index (χ2n) is 7.66. The molecule has 1 heterocycles. The van der Waals surface area contributed by atoms with E-state index in [1.807, 2.05) is 24.3 Å². The largest absolute Gasteiger partial charge is 0.506 e. The number of benzene rings is 3. The molecule has 2 N–H and O–H groups in total. The average molecular weight is 386 g/mol. The van der Waals surface area contributed by atoms with E-state index in [2.05, 4.69) is 58.7 Å². The Morgan fingerprint density at radius 2 is 1.72 bits per heavy atom. The van der Waals surface area contributed by atoms with Gasteiger partial charge in [0.25, 0.3) is 0 Å².